The summed E-state index contributed by atoms with van der Waals surface area (Å²) in [5.74, 6) is -0.453. The Hall–Kier alpha value is -3.98. The van der Waals surface area contributed by atoms with Crippen molar-refractivity contribution in [2.24, 2.45) is 0 Å². The Morgan fingerprint density at radius 3 is 1.68 bits per heavy atom. The van der Waals surface area contributed by atoms with Gasteiger partial charge < -0.3 is 0 Å². The number of hydrogen-bond donors (Lipinski definition) is 0. The summed E-state index contributed by atoms with van der Waals surface area (Å²) in [6.45, 7) is 1.94. The molecule has 5 aromatic carbocycles. The minimum Gasteiger partial charge on any atom is -0.269 e. The van der Waals surface area contributed by atoms with E-state index in [0.29, 0.717) is 11.1 Å². The van der Waals surface area contributed by atoms with Crippen molar-refractivity contribution >= 4 is 44.1 Å². The quantitative estimate of drug-likeness (QED) is 0.250. The molecular weight excluding hydrogens is 382 g/mol. The molecule has 2 amide bonds. The van der Waals surface area contributed by atoms with Crippen LogP contribution in [-0.4, -0.2) is 16.7 Å². The number of benzene rings is 5. The maximum absolute atomic E-state index is 13.4. The van der Waals surface area contributed by atoms with Crippen molar-refractivity contribution in [2.75, 3.05) is 0 Å². The van der Waals surface area contributed by atoms with E-state index in [1.165, 1.54) is 10.3 Å². The molecule has 0 saturated heterocycles. The molecule has 6 rings (SSSR count). The highest BCUT2D eigenvalue weighted by molar-refractivity contribution is 6.23. The van der Waals surface area contributed by atoms with E-state index in [1.54, 1.807) is 0 Å². The van der Waals surface area contributed by atoms with Gasteiger partial charge in [0.2, 0.25) is 0 Å². The second-order valence-electron chi connectivity index (χ2n) is 8.13. The zero-order chi connectivity index (χ0) is 21.1. The Kier molecular flexibility index (Phi) is 3.75. The van der Waals surface area contributed by atoms with Gasteiger partial charge in [-0.1, -0.05) is 72.8 Å². The first-order valence-corrected chi connectivity index (χ1v) is 10.4. The van der Waals surface area contributed by atoms with Crippen LogP contribution in [0.25, 0.3) is 32.3 Å². The first-order valence-electron chi connectivity index (χ1n) is 10.4. The van der Waals surface area contributed by atoms with Gasteiger partial charge in [0.05, 0.1) is 17.2 Å². The van der Waals surface area contributed by atoms with Gasteiger partial charge in [-0.3, -0.25) is 14.5 Å². The molecule has 31 heavy (non-hydrogen) atoms. The molecule has 3 heteroatoms. The molecule has 0 bridgehead atoms. The number of imide groups is 1. The average Bonchev–Trinajstić information content (AvgIpc) is 3.06. The van der Waals surface area contributed by atoms with Crippen LogP contribution in [-0.2, 0) is 0 Å². The van der Waals surface area contributed by atoms with Gasteiger partial charge in [-0.25, -0.2) is 0 Å². The Morgan fingerprint density at radius 2 is 1.06 bits per heavy atom. The van der Waals surface area contributed by atoms with Crippen LogP contribution in [0.4, 0.5) is 0 Å². The van der Waals surface area contributed by atoms with E-state index in [1.807, 2.05) is 67.6 Å². The van der Waals surface area contributed by atoms with Crippen molar-refractivity contribution in [3.8, 4) is 0 Å². The van der Waals surface area contributed by atoms with Crippen LogP contribution >= 0.6 is 0 Å². The Balaban J connectivity index is 1.53. The number of fused-ring (bicyclic) bond motifs is 5. The smallest absolute Gasteiger partial charge is 0.262 e. The van der Waals surface area contributed by atoms with Crippen molar-refractivity contribution < 1.29 is 9.59 Å². The summed E-state index contributed by atoms with van der Waals surface area (Å²) in [5, 5.41) is 6.40. The van der Waals surface area contributed by atoms with Crippen molar-refractivity contribution in [2.45, 2.75) is 13.0 Å². The molecule has 0 saturated carbocycles. The molecule has 0 aliphatic carbocycles. The second kappa shape index (κ2) is 6.51. The van der Waals surface area contributed by atoms with Crippen LogP contribution in [0.3, 0.4) is 0 Å². The third-order valence-electron chi connectivity index (χ3n) is 6.42. The fraction of sp³-hybridized carbons (Fsp3) is 0.0714. The Bertz CT molecular complexity index is 1500. The minimum absolute atomic E-state index is 0.226. The molecule has 0 spiro atoms. The molecule has 0 fully saturated rings. The number of amides is 2. The topological polar surface area (TPSA) is 37.4 Å². The SMILES string of the molecule is CC(c1cc2ccccc2c2ccccc12)N1C(=O)c2cc3ccccc3cc2C1=O. The summed E-state index contributed by atoms with van der Waals surface area (Å²) >= 11 is 0. The van der Waals surface area contributed by atoms with Gasteiger partial charge in [0.25, 0.3) is 11.8 Å². The maximum atomic E-state index is 13.4. The zero-order valence-electron chi connectivity index (χ0n) is 17.0. The highest BCUT2D eigenvalue weighted by Gasteiger charge is 2.39. The third-order valence-corrected chi connectivity index (χ3v) is 6.42. The summed E-state index contributed by atoms with van der Waals surface area (Å²) in [6.07, 6.45) is 0. The molecule has 148 valence electrons. The Labute approximate surface area is 179 Å². The maximum Gasteiger partial charge on any atom is 0.262 e. The molecule has 5 aromatic rings. The van der Waals surface area contributed by atoms with Gasteiger partial charge in [0, 0.05) is 0 Å². The fourth-order valence-electron chi connectivity index (χ4n) is 4.87. The second-order valence-corrected chi connectivity index (χ2v) is 8.13. The number of nitrogens with zero attached hydrogens (tertiary/aromatic N) is 1. The van der Waals surface area contributed by atoms with Crippen molar-refractivity contribution in [3.63, 3.8) is 0 Å². The van der Waals surface area contributed by atoms with Crippen LogP contribution in [0.2, 0.25) is 0 Å². The first-order chi connectivity index (χ1) is 15.1. The highest BCUT2D eigenvalue weighted by Crippen LogP contribution is 2.38. The van der Waals surface area contributed by atoms with E-state index in [0.717, 1.165) is 32.5 Å². The monoisotopic (exact) mass is 401 g/mol. The van der Waals surface area contributed by atoms with Crippen molar-refractivity contribution in [1.29, 1.82) is 0 Å². The molecule has 1 heterocycles. The first kappa shape index (κ1) is 17.8. The summed E-state index contributed by atoms with van der Waals surface area (Å²) in [5.41, 5.74) is 1.95. The molecule has 0 N–H and O–H groups in total. The predicted molar refractivity (Wildman–Crippen MR) is 124 cm³/mol. The van der Waals surface area contributed by atoms with Crippen LogP contribution in [0.15, 0.2) is 91.0 Å². The van der Waals surface area contributed by atoms with E-state index < -0.39 is 0 Å². The molecule has 1 atom stereocenters. The van der Waals surface area contributed by atoms with E-state index in [4.69, 9.17) is 0 Å². The molecule has 1 aliphatic heterocycles. The van der Waals surface area contributed by atoms with Gasteiger partial charge in [-0.2, -0.15) is 0 Å². The van der Waals surface area contributed by atoms with E-state index in [-0.39, 0.29) is 17.9 Å². The highest BCUT2D eigenvalue weighted by atomic mass is 16.2. The van der Waals surface area contributed by atoms with Gasteiger partial charge in [0.15, 0.2) is 0 Å². The zero-order valence-corrected chi connectivity index (χ0v) is 17.0. The van der Waals surface area contributed by atoms with Gasteiger partial charge in [-0.15, -0.1) is 0 Å². The number of carbonyl (C=O) groups is 2. The number of rotatable bonds is 2. The number of hydrogen-bond acceptors (Lipinski definition) is 2. The lowest BCUT2D eigenvalue weighted by Crippen LogP contribution is -2.32. The van der Waals surface area contributed by atoms with Crippen molar-refractivity contribution in [3.05, 3.63) is 108 Å². The standard InChI is InChI=1S/C28H19NO2/c1-17(24-16-20-10-4-5-11-21(20)22-12-6-7-13-23(22)24)29-27(30)25-14-18-8-2-3-9-19(18)15-26(25)28(29)31/h2-17H,1H3. The van der Waals surface area contributed by atoms with E-state index >= 15 is 0 Å². The largest absolute Gasteiger partial charge is 0.269 e. The lowest BCUT2D eigenvalue weighted by molar-refractivity contribution is 0.0596. The van der Waals surface area contributed by atoms with Crippen LogP contribution in [0.5, 0.6) is 0 Å². The fourth-order valence-corrected chi connectivity index (χ4v) is 4.87. The summed E-state index contributed by atoms with van der Waals surface area (Å²) in [7, 11) is 0. The summed E-state index contributed by atoms with van der Waals surface area (Å²) < 4.78 is 0. The van der Waals surface area contributed by atoms with Crippen molar-refractivity contribution in [1.82, 2.24) is 4.90 Å². The lowest BCUT2D eigenvalue weighted by Gasteiger charge is -2.25. The normalized spacial score (nSPS) is 14.5. The molecule has 0 aromatic heterocycles. The summed E-state index contributed by atoms with van der Waals surface area (Å²) in [6, 6.07) is 29.7. The molecule has 1 aliphatic rings. The summed E-state index contributed by atoms with van der Waals surface area (Å²) in [4.78, 5) is 28.2. The van der Waals surface area contributed by atoms with Gasteiger partial charge >= 0.3 is 0 Å². The minimum atomic E-state index is -0.384. The van der Waals surface area contributed by atoms with Gasteiger partial charge in [0.1, 0.15) is 0 Å². The number of carbonyl (C=O) groups excluding carboxylic acids is 2. The van der Waals surface area contributed by atoms with Crippen LogP contribution in [0.1, 0.15) is 39.2 Å². The average molecular weight is 401 g/mol. The molecule has 0 radical (unpaired) electrons. The molecule has 1 unspecified atom stereocenters. The lowest BCUT2D eigenvalue weighted by atomic mass is 9.93. The van der Waals surface area contributed by atoms with Crippen LogP contribution < -0.4 is 0 Å². The van der Waals surface area contributed by atoms with Gasteiger partial charge in [-0.05, 0) is 63.0 Å². The van der Waals surface area contributed by atoms with Crippen LogP contribution in [0, 0.1) is 0 Å². The third kappa shape index (κ3) is 2.53. The molecular formula is C28H19NO2. The van der Waals surface area contributed by atoms with E-state index in [9.17, 15) is 9.59 Å². The molecule has 3 nitrogen and oxygen atoms in total. The van der Waals surface area contributed by atoms with E-state index in [2.05, 4.69) is 30.3 Å². The Morgan fingerprint density at radius 1 is 0.581 bits per heavy atom. The predicted octanol–water partition coefficient (Wildman–Crippen LogP) is 6.50.